The number of hydrogen-bond donors (Lipinski definition) is 0. The molecule has 0 spiro atoms. The maximum Gasteiger partial charge on any atom is 0.118 e. The first-order valence-electron chi connectivity index (χ1n) is 7.26. The van der Waals surface area contributed by atoms with E-state index in [9.17, 15) is 0 Å². The monoisotopic (exact) mass is 281 g/mol. The summed E-state index contributed by atoms with van der Waals surface area (Å²) in [6, 6.07) is 16.2. The molecule has 0 radical (unpaired) electrons. The predicted molar refractivity (Wildman–Crippen MR) is 83.8 cm³/mol. The van der Waals surface area contributed by atoms with Gasteiger partial charge in [-0.25, -0.2) is 0 Å². The number of methoxy groups -OCH3 is 1. The van der Waals surface area contributed by atoms with Crippen LogP contribution in [0.5, 0.6) is 5.75 Å². The van der Waals surface area contributed by atoms with Gasteiger partial charge in [-0.3, -0.25) is 5.01 Å². The minimum atomic E-state index is 0.870. The summed E-state index contributed by atoms with van der Waals surface area (Å²) in [5.41, 5.74) is 3.22. The van der Waals surface area contributed by atoms with E-state index in [-0.39, 0.29) is 0 Å². The van der Waals surface area contributed by atoms with Crippen molar-refractivity contribution < 1.29 is 4.74 Å². The van der Waals surface area contributed by atoms with Crippen molar-refractivity contribution in [1.29, 1.82) is 0 Å². The van der Waals surface area contributed by atoms with Gasteiger partial charge in [-0.15, -0.1) is 5.11 Å². The molecule has 1 saturated heterocycles. The molecule has 108 valence electrons. The highest BCUT2D eigenvalue weighted by Crippen LogP contribution is 2.25. The highest BCUT2D eigenvalue weighted by Gasteiger charge is 2.08. The van der Waals surface area contributed by atoms with Crippen molar-refractivity contribution in [3.8, 4) is 16.9 Å². The number of hydrogen-bond acceptors (Lipinski definition) is 3. The summed E-state index contributed by atoms with van der Waals surface area (Å²) in [7, 11) is 1.68. The largest absolute Gasteiger partial charge is 0.497 e. The van der Waals surface area contributed by atoms with E-state index in [0.29, 0.717) is 0 Å². The average molecular weight is 281 g/mol. The van der Waals surface area contributed by atoms with Crippen LogP contribution in [0.15, 0.2) is 58.9 Å². The molecule has 0 bridgehead atoms. The van der Waals surface area contributed by atoms with E-state index in [4.69, 9.17) is 4.74 Å². The third-order valence-electron chi connectivity index (χ3n) is 3.66. The lowest BCUT2D eigenvalue weighted by Gasteiger charge is -2.07. The first-order chi connectivity index (χ1) is 10.3. The number of nitrogens with zero attached hydrogens (tertiary/aromatic N) is 3. The van der Waals surface area contributed by atoms with E-state index in [2.05, 4.69) is 34.6 Å². The van der Waals surface area contributed by atoms with E-state index in [1.807, 2.05) is 29.3 Å². The van der Waals surface area contributed by atoms with Gasteiger partial charge in [0.05, 0.1) is 12.8 Å². The van der Waals surface area contributed by atoms with Gasteiger partial charge in [0.15, 0.2) is 0 Å². The first-order valence-corrected chi connectivity index (χ1v) is 7.26. The highest BCUT2D eigenvalue weighted by molar-refractivity contribution is 5.65. The smallest absolute Gasteiger partial charge is 0.118 e. The Morgan fingerprint density at radius 2 is 1.43 bits per heavy atom. The van der Waals surface area contributed by atoms with Crippen LogP contribution in [0, 0.1) is 0 Å². The molecular weight excluding hydrogens is 262 g/mol. The van der Waals surface area contributed by atoms with Crippen molar-refractivity contribution in [3.05, 3.63) is 48.5 Å². The van der Waals surface area contributed by atoms with E-state index >= 15 is 0 Å². The molecular formula is C17H19N3O. The lowest BCUT2D eigenvalue weighted by atomic mass is 10.1. The molecule has 2 aromatic rings. The van der Waals surface area contributed by atoms with E-state index in [0.717, 1.165) is 30.1 Å². The quantitative estimate of drug-likeness (QED) is 0.776. The van der Waals surface area contributed by atoms with Crippen LogP contribution in [0.1, 0.15) is 12.8 Å². The molecule has 1 heterocycles. The molecule has 21 heavy (non-hydrogen) atoms. The molecule has 4 heteroatoms. The van der Waals surface area contributed by atoms with Crippen LogP contribution in [0.2, 0.25) is 0 Å². The zero-order valence-corrected chi connectivity index (χ0v) is 12.2. The molecule has 1 aliphatic rings. The van der Waals surface area contributed by atoms with Crippen molar-refractivity contribution in [3.63, 3.8) is 0 Å². The van der Waals surface area contributed by atoms with Crippen LogP contribution in [-0.2, 0) is 0 Å². The normalized spacial score (nSPS) is 14.8. The Balaban J connectivity index is 1.70. The standard InChI is InChI=1S/C17H19N3O/c1-21-17-10-6-15(7-11-17)14-4-8-16(9-5-14)18-19-20-12-2-3-13-20/h4-11H,2-3,12-13H2,1H3. The van der Waals surface area contributed by atoms with Crippen LogP contribution in [0.4, 0.5) is 5.69 Å². The van der Waals surface area contributed by atoms with Crippen molar-refractivity contribution in [2.45, 2.75) is 12.8 Å². The zero-order chi connectivity index (χ0) is 14.5. The molecule has 2 aromatic carbocycles. The summed E-state index contributed by atoms with van der Waals surface area (Å²) >= 11 is 0. The summed E-state index contributed by atoms with van der Waals surface area (Å²) in [4.78, 5) is 0. The average Bonchev–Trinajstić information content (AvgIpc) is 3.07. The third kappa shape index (κ3) is 3.40. The second-order valence-corrected chi connectivity index (χ2v) is 5.13. The van der Waals surface area contributed by atoms with Gasteiger partial charge in [-0.1, -0.05) is 29.5 Å². The Morgan fingerprint density at radius 3 is 2.00 bits per heavy atom. The maximum atomic E-state index is 5.17. The summed E-state index contributed by atoms with van der Waals surface area (Å²) in [6.07, 6.45) is 2.44. The topological polar surface area (TPSA) is 37.2 Å². The van der Waals surface area contributed by atoms with Gasteiger partial charge in [0.2, 0.25) is 0 Å². The van der Waals surface area contributed by atoms with Gasteiger partial charge >= 0.3 is 0 Å². The molecule has 0 aliphatic carbocycles. The summed E-state index contributed by atoms with van der Waals surface area (Å²) < 4.78 is 5.17. The number of benzene rings is 2. The van der Waals surface area contributed by atoms with Crippen LogP contribution in [0.3, 0.4) is 0 Å². The summed E-state index contributed by atoms with van der Waals surface area (Å²) in [5, 5.41) is 10.6. The van der Waals surface area contributed by atoms with Crippen LogP contribution >= 0.6 is 0 Å². The molecule has 0 unspecified atom stereocenters. The molecule has 0 aromatic heterocycles. The molecule has 1 fully saturated rings. The minimum Gasteiger partial charge on any atom is -0.497 e. The van der Waals surface area contributed by atoms with Gasteiger partial charge in [0.1, 0.15) is 5.75 Å². The van der Waals surface area contributed by atoms with E-state index in [1.54, 1.807) is 7.11 Å². The van der Waals surface area contributed by atoms with Crippen LogP contribution < -0.4 is 4.74 Å². The zero-order valence-electron chi connectivity index (χ0n) is 12.2. The first kappa shape index (κ1) is 13.6. The molecule has 4 nitrogen and oxygen atoms in total. The SMILES string of the molecule is COc1ccc(-c2ccc(N=NN3CCCC3)cc2)cc1. The molecule has 0 atom stereocenters. The van der Waals surface area contributed by atoms with Crippen molar-refractivity contribution >= 4 is 5.69 Å². The fourth-order valence-corrected chi connectivity index (χ4v) is 2.41. The molecule has 0 saturated carbocycles. The van der Waals surface area contributed by atoms with E-state index < -0.39 is 0 Å². The minimum absolute atomic E-state index is 0.870. The third-order valence-corrected chi connectivity index (χ3v) is 3.66. The van der Waals surface area contributed by atoms with Gasteiger partial charge in [-0.05, 0) is 48.2 Å². The Labute approximate surface area is 125 Å². The molecule has 3 rings (SSSR count). The van der Waals surface area contributed by atoms with Gasteiger partial charge in [-0.2, -0.15) is 0 Å². The lowest BCUT2D eigenvalue weighted by molar-refractivity contribution is 0.336. The number of ether oxygens (including phenoxy) is 1. The summed E-state index contributed by atoms with van der Waals surface area (Å²) in [6.45, 7) is 2.04. The van der Waals surface area contributed by atoms with Crippen molar-refractivity contribution in [2.24, 2.45) is 10.3 Å². The Morgan fingerprint density at radius 1 is 0.857 bits per heavy atom. The van der Waals surface area contributed by atoms with Crippen LogP contribution in [-0.4, -0.2) is 25.2 Å². The fourth-order valence-electron chi connectivity index (χ4n) is 2.41. The van der Waals surface area contributed by atoms with Crippen molar-refractivity contribution in [1.82, 2.24) is 5.01 Å². The van der Waals surface area contributed by atoms with E-state index in [1.165, 1.54) is 18.4 Å². The van der Waals surface area contributed by atoms with Crippen molar-refractivity contribution in [2.75, 3.05) is 20.2 Å². The van der Waals surface area contributed by atoms with Gasteiger partial charge in [0, 0.05) is 13.1 Å². The van der Waals surface area contributed by atoms with Gasteiger partial charge < -0.3 is 4.74 Å². The maximum absolute atomic E-state index is 5.17. The molecule has 0 amide bonds. The fraction of sp³-hybridized carbons (Fsp3) is 0.294. The van der Waals surface area contributed by atoms with Crippen LogP contribution in [0.25, 0.3) is 11.1 Å². The second kappa shape index (κ2) is 6.39. The Bertz CT molecular complexity index is 599. The molecule has 1 aliphatic heterocycles. The Hall–Kier alpha value is -2.36. The summed E-state index contributed by atoms with van der Waals surface area (Å²) in [5.74, 6) is 0.870. The number of rotatable bonds is 4. The lowest BCUT2D eigenvalue weighted by Crippen LogP contribution is -2.09. The predicted octanol–water partition coefficient (Wildman–Crippen LogP) is 4.46. The Kier molecular flexibility index (Phi) is 4.15. The van der Waals surface area contributed by atoms with Gasteiger partial charge in [0.25, 0.3) is 0 Å². The molecule has 0 N–H and O–H groups in total. The highest BCUT2D eigenvalue weighted by atomic mass is 16.5. The second-order valence-electron chi connectivity index (χ2n) is 5.13.